The van der Waals surface area contributed by atoms with Gasteiger partial charge >= 0.3 is 0 Å². The molecule has 0 atom stereocenters. The van der Waals surface area contributed by atoms with Gasteiger partial charge in [-0.3, -0.25) is 0 Å². The fourth-order valence-electron chi connectivity index (χ4n) is 1.42. The zero-order valence-corrected chi connectivity index (χ0v) is 10.6. The van der Waals surface area contributed by atoms with E-state index in [-0.39, 0.29) is 12.4 Å². The molecule has 4 heteroatoms. The molecule has 0 aromatic heterocycles. The van der Waals surface area contributed by atoms with Crippen LogP contribution in [0.4, 0.5) is 10.1 Å². The van der Waals surface area contributed by atoms with Crippen LogP contribution in [0.25, 0.3) is 0 Å². The first-order chi connectivity index (χ1) is 8.16. The van der Waals surface area contributed by atoms with E-state index in [1.807, 2.05) is 6.07 Å². The first kappa shape index (κ1) is 11.9. The Hall–Kier alpha value is -1.55. The van der Waals surface area contributed by atoms with Gasteiger partial charge < -0.3 is 10.5 Å². The molecule has 0 unspecified atom stereocenters. The third-order valence-corrected chi connectivity index (χ3v) is 2.81. The lowest BCUT2D eigenvalue weighted by atomic mass is 10.2. The van der Waals surface area contributed by atoms with Crippen LogP contribution in [-0.2, 0) is 6.61 Å². The standard InChI is InChI=1S/C13H11BrFNO/c14-10-5-6-13(12(16)7-10)17-8-9-3-1-2-4-11(9)15/h1-7H,8,16H2. The van der Waals surface area contributed by atoms with E-state index in [2.05, 4.69) is 15.9 Å². The molecule has 2 N–H and O–H groups in total. The van der Waals surface area contributed by atoms with Gasteiger partial charge in [-0.05, 0) is 24.3 Å². The highest BCUT2D eigenvalue weighted by atomic mass is 79.9. The van der Waals surface area contributed by atoms with Crippen LogP contribution in [0.1, 0.15) is 5.56 Å². The van der Waals surface area contributed by atoms with E-state index in [4.69, 9.17) is 10.5 Å². The van der Waals surface area contributed by atoms with Crippen molar-refractivity contribution in [2.45, 2.75) is 6.61 Å². The van der Waals surface area contributed by atoms with Gasteiger partial charge in [-0.2, -0.15) is 0 Å². The molecule has 88 valence electrons. The first-order valence-electron chi connectivity index (χ1n) is 5.08. The van der Waals surface area contributed by atoms with Crippen LogP contribution < -0.4 is 10.5 Å². The number of hydrogen-bond acceptors (Lipinski definition) is 2. The minimum atomic E-state index is -0.275. The molecule has 0 aliphatic carbocycles. The molecule has 0 heterocycles. The predicted molar refractivity (Wildman–Crippen MR) is 69.3 cm³/mol. The molecule has 0 saturated heterocycles. The van der Waals surface area contributed by atoms with Gasteiger partial charge in [-0.15, -0.1) is 0 Å². The van der Waals surface area contributed by atoms with Crippen molar-refractivity contribution in [2.75, 3.05) is 5.73 Å². The van der Waals surface area contributed by atoms with E-state index in [9.17, 15) is 4.39 Å². The molecule has 0 fully saturated rings. The van der Waals surface area contributed by atoms with Gasteiger partial charge in [0.15, 0.2) is 0 Å². The summed E-state index contributed by atoms with van der Waals surface area (Å²) in [4.78, 5) is 0. The van der Waals surface area contributed by atoms with Crippen LogP contribution in [0.15, 0.2) is 46.9 Å². The lowest BCUT2D eigenvalue weighted by Crippen LogP contribution is -2.00. The number of ether oxygens (including phenoxy) is 1. The highest BCUT2D eigenvalue weighted by molar-refractivity contribution is 9.10. The summed E-state index contributed by atoms with van der Waals surface area (Å²) in [7, 11) is 0. The average Bonchev–Trinajstić information content (AvgIpc) is 2.30. The molecule has 17 heavy (non-hydrogen) atoms. The molecule has 0 radical (unpaired) electrons. The van der Waals surface area contributed by atoms with Crippen LogP contribution in [-0.4, -0.2) is 0 Å². The molecule has 2 nitrogen and oxygen atoms in total. The Balaban J connectivity index is 2.10. The summed E-state index contributed by atoms with van der Waals surface area (Å²) in [6.07, 6.45) is 0. The summed E-state index contributed by atoms with van der Waals surface area (Å²) < 4.78 is 19.7. The van der Waals surface area contributed by atoms with Crippen molar-refractivity contribution in [1.29, 1.82) is 0 Å². The van der Waals surface area contributed by atoms with Crippen LogP contribution in [0, 0.1) is 5.82 Å². The second-order valence-electron chi connectivity index (χ2n) is 3.56. The van der Waals surface area contributed by atoms with E-state index in [1.165, 1.54) is 6.07 Å². The Kier molecular flexibility index (Phi) is 3.64. The zero-order valence-electron chi connectivity index (χ0n) is 8.99. The number of rotatable bonds is 3. The van der Waals surface area contributed by atoms with Gasteiger partial charge in [0.25, 0.3) is 0 Å². The quantitative estimate of drug-likeness (QED) is 0.875. The summed E-state index contributed by atoms with van der Waals surface area (Å²) in [5, 5.41) is 0. The number of nitrogens with two attached hydrogens (primary N) is 1. The molecule has 0 aliphatic rings. The number of halogens is 2. The molecular formula is C13H11BrFNO. The molecule has 0 amide bonds. The summed E-state index contributed by atoms with van der Waals surface area (Å²) in [5.41, 5.74) is 6.81. The number of hydrogen-bond donors (Lipinski definition) is 1. The normalized spacial score (nSPS) is 10.2. The Labute approximate surface area is 107 Å². The summed E-state index contributed by atoms with van der Waals surface area (Å²) in [6.45, 7) is 0.165. The highest BCUT2D eigenvalue weighted by Crippen LogP contribution is 2.26. The topological polar surface area (TPSA) is 35.2 Å². The van der Waals surface area contributed by atoms with Crippen LogP contribution in [0.3, 0.4) is 0 Å². The van der Waals surface area contributed by atoms with E-state index in [0.717, 1.165) is 4.47 Å². The molecule has 2 aromatic rings. The molecular weight excluding hydrogens is 285 g/mol. The van der Waals surface area contributed by atoms with Crippen molar-refractivity contribution < 1.29 is 9.13 Å². The molecule has 0 spiro atoms. The largest absolute Gasteiger partial charge is 0.487 e. The van der Waals surface area contributed by atoms with Crippen molar-refractivity contribution in [3.05, 3.63) is 58.3 Å². The van der Waals surface area contributed by atoms with E-state index < -0.39 is 0 Å². The average molecular weight is 296 g/mol. The molecule has 2 aromatic carbocycles. The van der Waals surface area contributed by atoms with E-state index in [0.29, 0.717) is 17.0 Å². The summed E-state index contributed by atoms with van der Waals surface area (Å²) in [5.74, 6) is 0.277. The minimum Gasteiger partial charge on any atom is -0.487 e. The zero-order chi connectivity index (χ0) is 12.3. The van der Waals surface area contributed by atoms with Gasteiger partial charge in [-0.25, -0.2) is 4.39 Å². The first-order valence-corrected chi connectivity index (χ1v) is 5.87. The Bertz CT molecular complexity index is 531. The Morgan fingerprint density at radius 1 is 1.18 bits per heavy atom. The Morgan fingerprint density at radius 3 is 2.65 bits per heavy atom. The summed E-state index contributed by atoms with van der Waals surface area (Å²) in [6, 6.07) is 11.8. The molecule has 0 aliphatic heterocycles. The Morgan fingerprint density at radius 2 is 1.94 bits per heavy atom. The van der Waals surface area contributed by atoms with Gasteiger partial charge in [0.05, 0.1) is 5.69 Å². The van der Waals surface area contributed by atoms with Crippen LogP contribution in [0.5, 0.6) is 5.75 Å². The predicted octanol–water partition coefficient (Wildman–Crippen LogP) is 3.75. The smallest absolute Gasteiger partial charge is 0.142 e. The lowest BCUT2D eigenvalue weighted by Gasteiger charge is -2.09. The monoisotopic (exact) mass is 295 g/mol. The van der Waals surface area contributed by atoms with Gasteiger partial charge in [0, 0.05) is 10.0 Å². The maximum absolute atomic E-state index is 13.3. The minimum absolute atomic E-state index is 0.165. The second-order valence-corrected chi connectivity index (χ2v) is 4.48. The maximum Gasteiger partial charge on any atom is 0.142 e. The molecule has 2 rings (SSSR count). The van der Waals surface area contributed by atoms with Crippen molar-refractivity contribution in [2.24, 2.45) is 0 Å². The van der Waals surface area contributed by atoms with E-state index in [1.54, 1.807) is 30.3 Å². The maximum atomic E-state index is 13.3. The van der Waals surface area contributed by atoms with E-state index >= 15 is 0 Å². The fraction of sp³-hybridized carbons (Fsp3) is 0.0769. The highest BCUT2D eigenvalue weighted by Gasteiger charge is 2.04. The van der Waals surface area contributed by atoms with Crippen molar-refractivity contribution in [3.63, 3.8) is 0 Å². The SMILES string of the molecule is Nc1cc(Br)ccc1OCc1ccccc1F. The number of anilines is 1. The third-order valence-electron chi connectivity index (χ3n) is 2.31. The second kappa shape index (κ2) is 5.19. The third kappa shape index (κ3) is 2.97. The van der Waals surface area contributed by atoms with Crippen LogP contribution >= 0.6 is 15.9 Å². The van der Waals surface area contributed by atoms with Crippen LogP contribution in [0.2, 0.25) is 0 Å². The fourth-order valence-corrected chi connectivity index (χ4v) is 1.80. The summed E-state index contributed by atoms with van der Waals surface area (Å²) >= 11 is 3.31. The van der Waals surface area contributed by atoms with Gasteiger partial charge in [0.1, 0.15) is 18.2 Å². The molecule has 0 bridgehead atoms. The van der Waals surface area contributed by atoms with Crippen molar-refractivity contribution in [1.82, 2.24) is 0 Å². The number of benzene rings is 2. The number of nitrogen functional groups attached to an aromatic ring is 1. The lowest BCUT2D eigenvalue weighted by molar-refractivity contribution is 0.301. The molecule has 0 saturated carbocycles. The van der Waals surface area contributed by atoms with Gasteiger partial charge in [0.2, 0.25) is 0 Å². The van der Waals surface area contributed by atoms with Gasteiger partial charge in [-0.1, -0.05) is 34.1 Å². The van der Waals surface area contributed by atoms with Crippen molar-refractivity contribution in [3.8, 4) is 5.75 Å². The van der Waals surface area contributed by atoms with Crippen molar-refractivity contribution >= 4 is 21.6 Å².